The second kappa shape index (κ2) is 26.2. The molecule has 112 heavy (non-hydrogen) atoms. The molecule has 0 spiro atoms. The number of carbonyl (C=O) groups is 10. The Labute approximate surface area is 653 Å². The molecule has 6 fully saturated rings. The summed E-state index contributed by atoms with van der Waals surface area (Å²) in [5.41, 5.74) is -0.595. The van der Waals surface area contributed by atoms with E-state index in [1.807, 2.05) is 36.4 Å². The molecule has 9 unspecified atom stereocenters. The van der Waals surface area contributed by atoms with Gasteiger partial charge in [-0.3, -0.25) is 38.4 Å². The SMILES string of the molecule is O=C1C(=O)c2cc(C(F)(F)F)ccc2/C1=C/c1cc2sc3c4sc(/C=C5\C(=O)C(=O)c6cc(C(F)(F)F)c(C7CCCC8CC9C(=O)C(=Nc%10cc%11c(s%10)c%10sc%12cc(N=C%13C(=O)C%14CC%15CCCCC%15CC%14C%13=O)sc%12c%10n%11C(=O)OCc%10ccccc%10)C(=O)C9CC87)cc65)cc4n(C(=O)OCc4ccccc4)c3c2s1. The summed E-state index contributed by atoms with van der Waals surface area (Å²) in [7, 11) is 0. The number of alkyl halides is 6. The second-order valence-electron chi connectivity index (χ2n) is 30.3. The highest BCUT2D eigenvalue weighted by molar-refractivity contribution is 7.37. The molecule has 20 rings (SSSR count). The molecule has 8 heterocycles. The summed E-state index contributed by atoms with van der Waals surface area (Å²) in [5.74, 6) is -8.91. The first-order valence-electron chi connectivity index (χ1n) is 36.7. The number of carbonyl (C=O) groups excluding carboxylic acids is 10. The van der Waals surface area contributed by atoms with Gasteiger partial charge < -0.3 is 9.47 Å². The minimum Gasteiger partial charge on any atom is -0.444 e. The van der Waals surface area contributed by atoms with Crippen LogP contribution in [0.4, 0.5) is 45.9 Å². The first kappa shape index (κ1) is 71.0. The molecule has 28 heteroatoms. The number of thiophene rings is 6. The van der Waals surface area contributed by atoms with Crippen molar-refractivity contribution in [3.63, 3.8) is 0 Å². The predicted octanol–water partition coefficient (Wildman–Crippen LogP) is 21.1. The zero-order chi connectivity index (χ0) is 77.0. The number of allylic oxidation sites excluding steroid dienone is 2. The zero-order valence-corrected chi connectivity index (χ0v) is 63.3. The number of ketones is 8. The van der Waals surface area contributed by atoms with Gasteiger partial charge in [0, 0.05) is 60.4 Å². The average molecular weight is 1620 g/mol. The van der Waals surface area contributed by atoms with Crippen molar-refractivity contribution >= 4 is 231 Å². The Hall–Kier alpha value is -10.1. The lowest BCUT2D eigenvalue weighted by atomic mass is 9.58. The summed E-state index contributed by atoms with van der Waals surface area (Å²) in [5, 5.41) is 0.707. The van der Waals surface area contributed by atoms with Crippen molar-refractivity contribution in [2.24, 2.45) is 57.3 Å². The molecule has 9 atom stereocenters. The quantitative estimate of drug-likeness (QED) is 0.0747. The number of nitrogens with zero attached hydrogens (tertiary/aromatic N) is 4. The average Bonchev–Trinajstić information content (AvgIpc) is 1.55. The minimum atomic E-state index is -5.01. The molecule has 0 saturated heterocycles. The lowest BCUT2D eigenvalue weighted by Gasteiger charge is -2.45. The van der Waals surface area contributed by atoms with Crippen LogP contribution < -0.4 is 0 Å². The highest BCUT2D eigenvalue weighted by Gasteiger charge is 2.56. The van der Waals surface area contributed by atoms with Gasteiger partial charge in [-0.05, 0) is 150 Å². The maximum absolute atomic E-state index is 15.8. The van der Waals surface area contributed by atoms with Gasteiger partial charge in [-0.15, -0.1) is 68.0 Å². The van der Waals surface area contributed by atoms with E-state index in [0.717, 1.165) is 76.8 Å². The molecule has 0 N–H and O–H groups in total. The van der Waals surface area contributed by atoms with Crippen LogP contribution in [0.25, 0.3) is 83.0 Å². The summed E-state index contributed by atoms with van der Waals surface area (Å²) in [6.07, 6.45) is -1.04. The van der Waals surface area contributed by atoms with Crippen molar-refractivity contribution in [3.8, 4) is 0 Å². The van der Waals surface area contributed by atoms with Crippen molar-refractivity contribution in [3.05, 3.63) is 175 Å². The lowest BCUT2D eigenvalue weighted by molar-refractivity contribution is -0.139. The largest absolute Gasteiger partial charge is 0.444 e. The maximum atomic E-state index is 15.8. The van der Waals surface area contributed by atoms with Gasteiger partial charge in [0.05, 0.1) is 66.1 Å². The van der Waals surface area contributed by atoms with E-state index < -0.39 is 99.6 Å². The van der Waals surface area contributed by atoms with Gasteiger partial charge in [-0.2, -0.15) is 26.3 Å². The molecule has 0 aliphatic heterocycles. The van der Waals surface area contributed by atoms with Crippen molar-refractivity contribution in [2.75, 3.05) is 0 Å². The van der Waals surface area contributed by atoms with Gasteiger partial charge in [-0.25, -0.2) is 28.7 Å². The van der Waals surface area contributed by atoms with E-state index in [0.29, 0.717) is 119 Å². The van der Waals surface area contributed by atoms with Crippen LogP contribution in [0.5, 0.6) is 0 Å². The molecule has 0 radical (unpaired) electrons. The number of Topliss-reactive ketones (excluding diaryl/α,β-unsaturated/α-hetero) is 8. The van der Waals surface area contributed by atoms with E-state index in [1.54, 1.807) is 48.5 Å². The normalized spacial score (nSPS) is 24.4. The monoisotopic (exact) mass is 1620 g/mol. The molecule has 4 aromatic carbocycles. The molecular formula is C84H56F6N4O12S6. The molecule has 8 aromatic heterocycles. The van der Waals surface area contributed by atoms with Gasteiger partial charge in [0.1, 0.15) is 23.2 Å². The molecule has 16 nitrogen and oxygen atoms in total. The maximum Gasteiger partial charge on any atom is 0.419 e. The van der Waals surface area contributed by atoms with Gasteiger partial charge in [-0.1, -0.05) is 105 Å². The number of aliphatic imine (C=N–C) groups is 2. The third kappa shape index (κ3) is 11.3. The van der Waals surface area contributed by atoms with E-state index in [2.05, 4.69) is 0 Å². The fourth-order valence-corrected chi connectivity index (χ4v) is 26.6. The van der Waals surface area contributed by atoms with E-state index in [9.17, 15) is 61.1 Å². The number of fused-ring (bicyclic) bond motifs is 16. The minimum absolute atomic E-state index is 0.0158. The molecule has 8 aliphatic rings. The van der Waals surface area contributed by atoms with Crippen LogP contribution in [0.1, 0.15) is 146 Å². The Morgan fingerprint density at radius 3 is 1.50 bits per heavy atom. The van der Waals surface area contributed by atoms with E-state index in [4.69, 9.17) is 19.5 Å². The second-order valence-corrected chi connectivity index (χ2v) is 36.6. The first-order chi connectivity index (χ1) is 53.9. The summed E-state index contributed by atoms with van der Waals surface area (Å²) >= 11 is 7.40. The van der Waals surface area contributed by atoms with Crippen LogP contribution in [0.15, 0.2) is 125 Å². The van der Waals surface area contributed by atoms with Crippen LogP contribution in [-0.4, -0.2) is 79.0 Å². The highest BCUT2D eigenvalue weighted by Crippen LogP contribution is 2.58. The Bertz CT molecular complexity index is 6390. The van der Waals surface area contributed by atoms with Crippen LogP contribution in [0.3, 0.4) is 0 Å². The summed E-state index contributed by atoms with van der Waals surface area (Å²) in [6, 6.07) is 29.4. The molecule has 562 valence electrons. The fraction of sp³-hybridized carbons (Fsp3) is 0.286. The number of aromatic nitrogens is 2. The Kier molecular flexibility index (Phi) is 16.6. The van der Waals surface area contributed by atoms with Crippen LogP contribution in [0, 0.1) is 47.3 Å². The van der Waals surface area contributed by atoms with Crippen molar-refractivity contribution in [2.45, 2.75) is 102 Å². The number of hydrogen-bond acceptors (Lipinski definition) is 20. The van der Waals surface area contributed by atoms with Crippen LogP contribution in [0.2, 0.25) is 0 Å². The summed E-state index contributed by atoms with van der Waals surface area (Å²) in [4.78, 5) is 152. The molecule has 8 aliphatic carbocycles. The first-order valence-corrected chi connectivity index (χ1v) is 41.6. The lowest BCUT2D eigenvalue weighted by Crippen LogP contribution is -2.39. The van der Waals surface area contributed by atoms with Crippen LogP contribution >= 0.6 is 68.0 Å². The van der Waals surface area contributed by atoms with Crippen molar-refractivity contribution in [1.29, 1.82) is 0 Å². The zero-order valence-electron chi connectivity index (χ0n) is 58.4. The third-order valence-electron chi connectivity index (χ3n) is 24.2. The predicted molar refractivity (Wildman–Crippen MR) is 418 cm³/mol. The summed E-state index contributed by atoms with van der Waals surface area (Å²) < 4.78 is 108. The topological polar surface area (TPSA) is 224 Å². The van der Waals surface area contributed by atoms with Gasteiger partial charge in [0.15, 0.2) is 34.6 Å². The number of benzene rings is 4. The molecule has 0 bridgehead atoms. The van der Waals surface area contributed by atoms with E-state index in [-0.39, 0.29) is 112 Å². The third-order valence-corrected chi connectivity index (χ3v) is 31.2. The molecule has 0 amide bonds. The van der Waals surface area contributed by atoms with Crippen LogP contribution in [-0.2, 0) is 63.8 Å². The number of halogens is 6. The van der Waals surface area contributed by atoms with Crippen molar-refractivity contribution in [1.82, 2.24) is 9.13 Å². The van der Waals surface area contributed by atoms with E-state index in [1.165, 1.54) is 72.7 Å². The highest BCUT2D eigenvalue weighted by atomic mass is 32.1. The van der Waals surface area contributed by atoms with Gasteiger partial charge >= 0.3 is 24.5 Å². The van der Waals surface area contributed by atoms with Gasteiger partial charge in [0.2, 0.25) is 23.1 Å². The number of rotatable bonds is 9. The van der Waals surface area contributed by atoms with E-state index >= 15 is 13.2 Å². The summed E-state index contributed by atoms with van der Waals surface area (Å²) in [6.45, 7) is -0.207. The molecule has 6 saturated carbocycles. The standard InChI is InChI=1S/C84H56F6N4O12S6/c85-83(86,87)40-18-19-44-51(23-40)71(99)72(100)52(44)25-42-27-59-77(108-42)65-79(109-59)75-57(93(65)81(103)105-33-35-10-3-1-4-11-35)26-41(107-75)24-53-46-29-47(56(84(88,89)90)30-55(46)74(102)73(53)101)43-17-9-16-39-22-50-54(28-45(39)43)70(98)64(69(50)97)91-61-31-58-76(111-61)80-66(94(58)82(104)106-34-36-12-5-2-6-13-36)78-60(110-80)32-62(112-78)92-63-67(95)48-20-37-14-7-8-15-38(37)21-49(48)68(63)96/h1-6,10-13,18-19,23-27,29-32,37-39,43,45,48-50,54H,7-9,14-17,20-22,28,33-34H2/b52-25-,53-24-,91-64?,92-63?. The van der Waals surface area contributed by atoms with Gasteiger partial charge in [0.25, 0.3) is 0 Å². The number of ether oxygens (including phenoxy) is 2. The molecular weight excluding hydrogens is 1560 g/mol. The smallest absolute Gasteiger partial charge is 0.419 e. The Balaban J connectivity index is 0.613. The molecule has 12 aromatic rings. The Morgan fingerprint density at radius 1 is 0.438 bits per heavy atom. The van der Waals surface area contributed by atoms with Crippen molar-refractivity contribution < 1.29 is 83.8 Å². The fourth-order valence-electron chi connectivity index (χ4n) is 19.1. The number of hydrogen-bond donors (Lipinski definition) is 0. The Morgan fingerprint density at radius 2 is 0.920 bits per heavy atom.